The Kier molecular flexibility index (Phi) is 38.2. The fourth-order valence-corrected chi connectivity index (χ4v) is 9.08. The molecule has 0 fully saturated rings. The number of hydrogen-bond acceptors (Lipinski definition) is 4. The molecule has 0 N–H and O–H groups in total. The molecule has 6 nitrogen and oxygen atoms in total. The molecule has 2 atom stereocenters. The van der Waals surface area contributed by atoms with Gasteiger partial charge in [0.1, 0.15) is 0 Å². The van der Waals surface area contributed by atoms with Crippen LogP contribution in [0.2, 0.25) is 0 Å². The topological polar surface area (TPSA) is 40.0 Å². The Morgan fingerprint density at radius 2 is 0.629 bits per heavy atom. The van der Waals surface area contributed by atoms with E-state index in [4.69, 9.17) is 0 Å². The van der Waals surface area contributed by atoms with Crippen molar-refractivity contribution in [1.29, 1.82) is 0 Å². The van der Waals surface area contributed by atoms with Gasteiger partial charge in [0.15, 0.2) is 37.9 Å². The van der Waals surface area contributed by atoms with Crippen molar-refractivity contribution in [2.24, 2.45) is 11.8 Å². The molecule has 62 heavy (non-hydrogen) atoms. The summed E-state index contributed by atoms with van der Waals surface area (Å²) in [6, 6.07) is 0. The van der Waals surface area contributed by atoms with E-state index in [1.54, 1.807) is 0 Å². The Bertz CT molecular complexity index is 1150. The molecule has 2 rings (SSSR count). The summed E-state index contributed by atoms with van der Waals surface area (Å²) in [5.41, 5.74) is 0. The predicted octanol–water partition coefficient (Wildman–Crippen LogP) is 14.5. The Morgan fingerprint density at radius 3 is 0.935 bits per heavy atom. The molecule has 0 saturated heterocycles. The van der Waals surface area contributed by atoms with E-state index in [1.165, 1.54) is 232 Å². The quantitative estimate of drug-likeness (QED) is 0.0378. The number of hydrogen-bond donors (Lipinski definition) is 0. The van der Waals surface area contributed by atoms with Gasteiger partial charge in [0.2, 0.25) is 0 Å². The lowest BCUT2D eigenvalue weighted by Gasteiger charge is -2.27. The van der Waals surface area contributed by atoms with Gasteiger partial charge in [-0.25, -0.2) is 9.13 Å². The molecular weight excluding hydrogens is 757 g/mol. The third-order valence-corrected chi connectivity index (χ3v) is 12.7. The fraction of sp³-hybridized carbons (Fsp3) is 0.786. The molecule has 2 aromatic heterocycles. The monoisotopic (exact) mass is 859 g/mol. The standard InChI is InChI=1S/C56H102N6/c1-5-7-9-11-13-15-17-19-21-23-25-27-29-31-33-35-43-59(51-55(3)53-61-47-39-57-40-48-61)45-37-38-46-60(52-56(4)54-62-49-41-58-42-50-62)44-36-34-32-30-28-26-24-22-20-18-16-14-12-10-8-6-2/h19-22,39-42,47-50,55-56H,5-18,23-38,43-46,51-54H2,1-4H3/q+2/b21-19+,22-20+. The highest BCUT2D eigenvalue weighted by atomic mass is 15.1. The summed E-state index contributed by atoms with van der Waals surface area (Å²) >= 11 is 0. The summed E-state index contributed by atoms with van der Waals surface area (Å²) in [5, 5.41) is 0. The molecular formula is C56H102N6+2. The summed E-state index contributed by atoms with van der Waals surface area (Å²) in [6.45, 7) is 18.9. The van der Waals surface area contributed by atoms with Gasteiger partial charge in [-0.2, -0.15) is 0 Å². The van der Waals surface area contributed by atoms with Gasteiger partial charge < -0.3 is 9.80 Å². The molecule has 0 aliphatic heterocycles. The van der Waals surface area contributed by atoms with Crippen molar-refractivity contribution < 1.29 is 9.13 Å². The van der Waals surface area contributed by atoms with Gasteiger partial charge >= 0.3 is 0 Å². The normalized spacial score (nSPS) is 13.1. The van der Waals surface area contributed by atoms with E-state index in [0.29, 0.717) is 11.8 Å². The first kappa shape index (κ1) is 55.7. The van der Waals surface area contributed by atoms with Gasteiger partial charge in [-0.15, -0.1) is 0 Å². The summed E-state index contributed by atoms with van der Waals surface area (Å²) in [7, 11) is 0. The highest BCUT2D eigenvalue weighted by Crippen LogP contribution is 2.14. The SMILES string of the molecule is CCCCCCCC/C=C/CCCCCCCCN(CCCCN(CCCCCCCC/C=C/CCCCCCCC)CC(C)C[n+]1ccncc1)CC(C)C[n+]1ccncc1. The molecule has 0 spiro atoms. The van der Waals surface area contributed by atoms with Gasteiger partial charge in [-0.05, 0) is 103 Å². The van der Waals surface area contributed by atoms with E-state index in [0.717, 1.165) is 13.1 Å². The molecule has 2 aromatic rings. The molecule has 0 amide bonds. The number of rotatable bonds is 45. The predicted molar refractivity (Wildman–Crippen MR) is 268 cm³/mol. The second-order valence-electron chi connectivity index (χ2n) is 19.3. The van der Waals surface area contributed by atoms with Crippen LogP contribution < -0.4 is 9.13 Å². The minimum absolute atomic E-state index is 0.617. The minimum Gasteiger partial charge on any atom is -0.303 e. The van der Waals surface area contributed by atoms with E-state index in [1.807, 2.05) is 24.8 Å². The van der Waals surface area contributed by atoms with Gasteiger partial charge in [0.25, 0.3) is 0 Å². The molecule has 0 aromatic carbocycles. The smallest absolute Gasteiger partial charge is 0.187 e. The first-order valence-electron chi connectivity index (χ1n) is 26.9. The van der Waals surface area contributed by atoms with E-state index in [2.05, 4.69) is 106 Å². The van der Waals surface area contributed by atoms with E-state index >= 15 is 0 Å². The van der Waals surface area contributed by atoms with Crippen LogP contribution in [-0.4, -0.2) is 59.0 Å². The first-order valence-corrected chi connectivity index (χ1v) is 26.9. The zero-order valence-electron chi connectivity index (χ0n) is 41.6. The first-order chi connectivity index (χ1) is 30.6. The van der Waals surface area contributed by atoms with Crippen LogP contribution in [0.5, 0.6) is 0 Å². The number of unbranched alkanes of at least 4 members (excludes halogenated alkanes) is 25. The van der Waals surface area contributed by atoms with Crippen molar-refractivity contribution in [1.82, 2.24) is 19.8 Å². The fourth-order valence-electron chi connectivity index (χ4n) is 9.08. The Balaban J connectivity index is 1.72. The largest absolute Gasteiger partial charge is 0.303 e. The highest BCUT2D eigenvalue weighted by Gasteiger charge is 2.17. The van der Waals surface area contributed by atoms with Crippen molar-refractivity contribution >= 4 is 0 Å². The molecule has 2 unspecified atom stereocenters. The molecule has 0 aliphatic rings. The summed E-state index contributed by atoms with van der Waals surface area (Å²) in [5.74, 6) is 1.23. The lowest BCUT2D eigenvalue weighted by Crippen LogP contribution is -2.41. The second-order valence-corrected chi connectivity index (χ2v) is 19.3. The maximum Gasteiger partial charge on any atom is 0.187 e. The van der Waals surface area contributed by atoms with Crippen molar-refractivity contribution in [3.8, 4) is 0 Å². The summed E-state index contributed by atoms with van der Waals surface area (Å²) in [4.78, 5) is 14.1. The van der Waals surface area contributed by atoms with Crippen molar-refractivity contribution in [2.45, 2.75) is 233 Å². The van der Waals surface area contributed by atoms with E-state index < -0.39 is 0 Å². The number of aromatic nitrogens is 4. The molecule has 0 aliphatic carbocycles. The molecule has 0 radical (unpaired) electrons. The molecule has 354 valence electrons. The van der Waals surface area contributed by atoms with Crippen molar-refractivity contribution in [3.63, 3.8) is 0 Å². The van der Waals surface area contributed by atoms with Crippen molar-refractivity contribution in [2.75, 3.05) is 39.3 Å². The third-order valence-electron chi connectivity index (χ3n) is 12.7. The molecule has 2 heterocycles. The molecule has 0 bridgehead atoms. The van der Waals surface area contributed by atoms with Crippen LogP contribution in [0, 0.1) is 11.8 Å². The van der Waals surface area contributed by atoms with Gasteiger partial charge in [0, 0.05) is 24.9 Å². The highest BCUT2D eigenvalue weighted by molar-refractivity contribution is 4.82. The Hall–Kier alpha value is -2.44. The second kappa shape index (κ2) is 42.5. The van der Waals surface area contributed by atoms with Crippen LogP contribution >= 0.6 is 0 Å². The maximum atomic E-state index is 4.24. The zero-order chi connectivity index (χ0) is 44.2. The summed E-state index contributed by atoms with van der Waals surface area (Å²) < 4.78 is 4.61. The van der Waals surface area contributed by atoms with Gasteiger partial charge in [-0.3, -0.25) is 9.97 Å². The van der Waals surface area contributed by atoms with Crippen LogP contribution in [0.1, 0.15) is 220 Å². The van der Waals surface area contributed by atoms with Crippen LogP contribution in [-0.2, 0) is 13.1 Å². The van der Waals surface area contributed by atoms with Crippen LogP contribution in [0.25, 0.3) is 0 Å². The average molecular weight is 859 g/mol. The lowest BCUT2D eigenvalue weighted by atomic mass is 10.1. The Labute approximate surface area is 385 Å². The van der Waals surface area contributed by atoms with Crippen LogP contribution in [0.15, 0.2) is 73.9 Å². The van der Waals surface area contributed by atoms with Crippen LogP contribution in [0.3, 0.4) is 0 Å². The maximum absolute atomic E-state index is 4.24. The average Bonchev–Trinajstić information content (AvgIpc) is 3.27. The Morgan fingerprint density at radius 1 is 0.371 bits per heavy atom. The van der Waals surface area contributed by atoms with Crippen molar-refractivity contribution in [3.05, 3.63) is 73.9 Å². The number of allylic oxidation sites excluding steroid dienone is 4. The van der Waals surface area contributed by atoms with E-state index in [9.17, 15) is 0 Å². The third kappa shape index (κ3) is 35.0. The van der Waals surface area contributed by atoms with Gasteiger partial charge in [-0.1, -0.05) is 168 Å². The zero-order valence-corrected chi connectivity index (χ0v) is 41.6. The lowest BCUT2D eigenvalue weighted by molar-refractivity contribution is -0.703. The minimum atomic E-state index is 0.617. The number of nitrogens with zero attached hydrogens (tertiary/aromatic N) is 6. The van der Waals surface area contributed by atoms with E-state index in [-0.39, 0.29) is 0 Å². The van der Waals surface area contributed by atoms with Crippen LogP contribution in [0.4, 0.5) is 0 Å². The van der Waals surface area contributed by atoms with Gasteiger partial charge in [0.05, 0.1) is 24.8 Å². The summed E-state index contributed by atoms with van der Waals surface area (Å²) in [6.07, 6.45) is 66.9. The molecule has 0 saturated carbocycles. The molecule has 6 heteroatoms.